The first-order valence-corrected chi connectivity index (χ1v) is 5.05. The lowest BCUT2D eigenvalue weighted by molar-refractivity contribution is 0.633. The van der Waals surface area contributed by atoms with Gasteiger partial charge < -0.3 is 0 Å². The molecule has 14 heavy (non-hydrogen) atoms. The standard InChI is InChI=1S/C11H15N3/c1-3-10-8-9(2)13-14(10)11-6-4-5-7-12-11/h4-7,10H,3,8H2,1-2H3. The number of rotatable bonds is 2. The van der Waals surface area contributed by atoms with Crippen molar-refractivity contribution >= 4 is 11.5 Å². The SMILES string of the molecule is CCC1CC(C)=NN1c1ccccn1. The summed E-state index contributed by atoms with van der Waals surface area (Å²) < 4.78 is 0. The molecule has 1 aromatic rings. The van der Waals surface area contributed by atoms with E-state index in [9.17, 15) is 0 Å². The first-order chi connectivity index (χ1) is 6.81. The molecule has 0 aliphatic carbocycles. The Labute approximate surface area is 84.5 Å². The summed E-state index contributed by atoms with van der Waals surface area (Å²) in [6.07, 6.45) is 3.98. The number of hydrogen-bond acceptors (Lipinski definition) is 3. The largest absolute Gasteiger partial charge is 0.244 e. The van der Waals surface area contributed by atoms with Crippen molar-refractivity contribution in [1.82, 2.24) is 4.98 Å². The van der Waals surface area contributed by atoms with Gasteiger partial charge in [-0.15, -0.1) is 0 Å². The van der Waals surface area contributed by atoms with Crippen LogP contribution in [0.3, 0.4) is 0 Å². The number of hydrogen-bond donors (Lipinski definition) is 0. The maximum absolute atomic E-state index is 4.50. The van der Waals surface area contributed by atoms with Crippen molar-refractivity contribution in [3.63, 3.8) is 0 Å². The maximum Gasteiger partial charge on any atom is 0.148 e. The third kappa shape index (κ3) is 1.62. The van der Waals surface area contributed by atoms with Crippen LogP contribution in [0.5, 0.6) is 0 Å². The smallest absolute Gasteiger partial charge is 0.148 e. The van der Waals surface area contributed by atoms with E-state index in [1.54, 1.807) is 0 Å². The second kappa shape index (κ2) is 3.78. The van der Waals surface area contributed by atoms with Gasteiger partial charge in [-0.1, -0.05) is 13.0 Å². The topological polar surface area (TPSA) is 28.5 Å². The molecule has 1 atom stereocenters. The molecule has 1 unspecified atom stereocenters. The normalized spacial score (nSPS) is 21.1. The molecule has 2 heterocycles. The lowest BCUT2D eigenvalue weighted by Gasteiger charge is -2.20. The highest BCUT2D eigenvalue weighted by molar-refractivity contribution is 5.86. The predicted molar refractivity (Wildman–Crippen MR) is 58.5 cm³/mol. The fraction of sp³-hybridized carbons (Fsp3) is 0.455. The van der Waals surface area contributed by atoms with Crippen molar-refractivity contribution in [2.75, 3.05) is 5.01 Å². The minimum atomic E-state index is 0.491. The lowest BCUT2D eigenvalue weighted by Crippen LogP contribution is -2.25. The number of anilines is 1. The molecule has 1 aromatic heterocycles. The van der Waals surface area contributed by atoms with Crippen molar-refractivity contribution in [3.8, 4) is 0 Å². The van der Waals surface area contributed by atoms with Crippen molar-refractivity contribution in [2.24, 2.45) is 5.10 Å². The first kappa shape index (κ1) is 9.19. The van der Waals surface area contributed by atoms with Gasteiger partial charge in [0.25, 0.3) is 0 Å². The average Bonchev–Trinajstić information content (AvgIpc) is 2.61. The summed E-state index contributed by atoms with van der Waals surface area (Å²) in [5.74, 6) is 0.955. The maximum atomic E-state index is 4.50. The summed E-state index contributed by atoms with van der Waals surface area (Å²) >= 11 is 0. The fourth-order valence-corrected chi connectivity index (χ4v) is 1.78. The Bertz CT molecular complexity index is 332. The van der Waals surface area contributed by atoms with Crippen molar-refractivity contribution in [2.45, 2.75) is 32.7 Å². The van der Waals surface area contributed by atoms with Gasteiger partial charge in [0.15, 0.2) is 0 Å². The molecule has 1 aliphatic rings. The molecule has 1 aliphatic heterocycles. The molecule has 0 bridgehead atoms. The minimum Gasteiger partial charge on any atom is -0.244 e. The summed E-state index contributed by atoms with van der Waals surface area (Å²) in [5, 5.41) is 6.54. The van der Waals surface area contributed by atoms with E-state index in [0.29, 0.717) is 6.04 Å². The molecule has 0 aromatic carbocycles. The van der Waals surface area contributed by atoms with Gasteiger partial charge in [-0.3, -0.25) is 0 Å². The van der Waals surface area contributed by atoms with E-state index in [1.165, 1.54) is 5.71 Å². The average molecular weight is 189 g/mol. The van der Waals surface area contributed by atoms with Gasteiger partial charge in [0.05, 0.1) is 6.04 Å². The van der Waals surface area contributed by atoms with E-state index in [1.807, 2.05) is 29.4 Å². The molecule has 0 N–H and O–H groups in total. The van der Waals surface area contributed by atoms with Crippen LogP contribution in [0.15, 0.2) is 29.5 Å². The first-order valence-electron chi connectivity index (χ1n) is 5.05. The summed E-state index contributed by atoms with van der Waals surface area (Å²) in [7, 11) is 0. The van der Waals surface area contributed by atoms with Gasteiger partial charge in [0, 0.05) is 18.3 Å². The molecule has 0 saturated heterocycles. The Hall–Kier alpha value is -1.38. The summed E-state index contributed by atoms with van der Waals surface area (Å²) in [6, 6.07) is 6.42. The third-order valence-corrected chi connectivity index (χ3v) is 2.51. The van der Waals surface area contributed by atoms with Crippen LogP contribution in [0.1, 0.15) is 26.7 Å². The van der Waals surface area contributed by atoms with Crippen LogP contribution in [-0.2, 0) is 0 Å². The quantitative estimate of drug-likeness (QED) is 0.715. The number of aromatic nitrogens is 1. The summed E-state index contributed by atoms with van der Waals surface area (Å²) in [6.45, 7) is 4.26. The van der Waals surface area contributed by atoms with Crippen LogP contribution >= 0.6 is 0 Å². The Morgan fingerprint density at radius 3 is 3.00 bits per heavy atom. The van der Waals surface area contributed by atoms with Gasteiger partial charge in [-0.2, -0.15) is 5.10 Å². The molecule has 2 rings (SSSR count). The van der Waals surface area contributed by atoms with Crippen molar-refractivity contribution < 1.29 is 0 Å². The van der Waals surface area contributed by atoms with Crippen molar-refractivity contribution in [3.05, 3.63) is 24.4 Å². The van der Waals surface area contributed by atoms with Crippen LogP contribution in [0, 0.1) is 0 Å². The monoisotopic (exact) mass is 189 g/mol. The highest BCUT2D eigenvalue weighted by atomic mass is 15.5. The van der Waals surface area contributed by atoms with E-state index < -0.39 is 0 Å². The second-order valence-electron chi connectivity index (χ2n) is 3.63. The van der Waals surface area contributed by atoms with E-state index >= 15 is 0 Å². The molecule has 0 saturated carbocycles. The molecular formula is C11H15N3. The van der Waals surface area contributed by atoms with E-state index in [0.717, 1.165) is 18.7 Å². The van der Waals surface area contributed by atoms with Crippen LogP contribution in [0.2, 0.25) is 0 Å². The summed E-state index contributed by atoms with van der Waals surface area (Å²) in [4.78, 5) is 4.31. The number of nitrogens with zero attached hydrogens (tertiary/aromatic N) is 3. The number of pyridine rings is 1. The zero-order chi connectivity index (χ0) is 9.97. The van der Waals surface area contributed by atoms with Crippen LogP contribution in [0.4, 0.5) is 5.82 Å². The van der Waals surface area contributed by atoms with Crippen molar-refractivity contribution in [1.29, 1.82) is 0 Å². The molecule has 0 radical (unpaired) electrons. The fourth-order valence-electron chi connectivity index (χ4n) is 1.78. The molecule has 0 fully saturated rings. The second-order valence-corrected chi connectivity index (χ2v) is 3.63. The lowest BCUT2D eigenvalue weighted by atomic mass is 10.1. The van der Waals surface area contributed by atoms with E-state index in [-0.39, 0.29) is 0 Å². The minimum absolute atomic E-state index is 0.491. The Balaban J connectivity index is 2.25. The van der Waals surface area contributed by atoms with Gasteiger partial charge in [0.2, 0.25) is 0 Å². The third-order valence-electron chi connectivity index (χ3n) is 2.51. The van der Waals surface area contributed by atoms with Gasteiger partial charge in [0.1, 0.15) is 5.82 Å². The van der Waals surface area contributed by atoms with E-state index in [4.69, 9.17) is 0 Å². The molecule has 0 amide bonds. The molecule has 0 spiro atoms. The van der Waals surface area contributed by atoms with Crippen LogP contribution in [-0.4, -0.2) is 16.7 Å². The molecule has 3 nitrogen and oxygen atoms in total. The number of hydrazone groups is 1. The highest BCUT2D eigenvalue weighted by Crippen LogP contribution is 2.23. The van der Waals surface area contributed by atoms with Crippen LogP contribution < -0.4 is 5.01 Å². The zero-order valence-electron chi connectivity index (χ0n) is 8.64. The van der Waals surface area contributed by atoms with Gasteiger partial charge >= 0.3 is 0 Å². The highest BCUT2D eigenvalue weighted by Gasteiger charge is 2.24. The molecule has 3 heteroatoms. The Morgan fingerprint density at radius 2 is 2.36 bits per heavy atom. The Kier molecular flexibility index (Phi) is 2.48. The summed E-state index contributed by atoms with van der Waals surface area (Å²) in [5.41, 5.74) is 1.20. The van der Waals surface area contributed by atoms with Crippen LogP contribution in [0.25, 0.3) is 0 Å². The van der Waals surface area contributed by atoms with Gasteiger partial charge in [-0.25, -0.2) is 9.99 Å². The Morgan fingerprint density at radius 1 is 1.50 bits per heavy atom. The predicted octanol–water partition coefficient (Wildman–Crippen LogP) is 2.45. The zero-order valence-corrected chi connectivity index (χ0v) is 8.64. The molecule has 74 valence electrons. The van der Waals surface area contributed by atoms with Gasteiger partial charge in [-0.05, 0) is 25.5 Å². The molecular weight excluding hydrogens is 174 g/mol. The van der Waals surface area contributed by atoms with E-state index in [2.05, 4.69) is 23.9 Å².